The van der Waals surface area contributed by atoms with Gasteiger partial charge >= 0.3 is 0 Å². The van der Waals surface area contributed by atoms with Crippen molar-refractivity contribution in [3.05, 3.63) is 0 Å². The van der Waals surface area contributed by atoms with Gasteiger partial charge in [-0.25, -0.2) is 0 Å². The number of hydrogen-bond acceptors (Lipinski definition) is 2. The smallest absolute Gasteiger partial charge is 0.222 e. The van der Waals surface area contributed by atoms with Gasteiger partial charge in [-0.1, -0.05) is 0 Å². The van der Waals surface area contributed by atoms with Gasteiger partial charge in [-0.3, -0.25) is 4.79 Å². The SMILES string of the molecule is O=C(CCCCCl)N1CCSCC1. The van der Waals surface area contributed by atoms with Gasteiger partial charge in [-0.05, 0) is 12.8 Å². The molecule has 1 aliphatic heterocycles. The van der Waals surface area contributed by atoms with Crippen LogP contribution in [0.4, 0.5) is 0 Å². The summed E-state index contributed by atoms with van der Waals surface area (Å²) < 4.78 is 0. The molecule has 13 heavy (non-hydrogen) atoms. The van der Waals surface area contributed by atoms with E-state index in [0.29, 0.717) is 18.2 Å². The van der Waals surface area contributed by atoms with Gasteiger partial charge in [-0.2, -0.15) is 11.8 Å². The number of unbranched alkanes of at least 4 members (excludes halogenated alkanes) is 1. The molecule has 0 aromatic heterocycles. The molecule has 1 heterocycles. The van der Waals surface area contributed by atoms with Gasteiger partial charge in [0.05, 0.1) is 0 Å². The minimum Gasteiger partial charge on any atom is -0.341 e. The zero-order valence-corrected chi connectivity index (χ0v) is 9.37. The Labute approximate surface area is 89.0 Å². The van der Waals surface area contributed by atoms with E-state index >= 15 is 0 Å². The van der Waals surface area contributed by atoms with Gasteiger partial charge in [0.15, 0.2) is 0 Å². The molecule has 0 aromatic rings. The van der Waals surface area contributed by atoms with E-state index in [2.05, 4.69) is 0 Å². The molecule has 1 aliphatic rings. The van der Waals surface area contributed by atoms with Crippen LogP contribution in [0.25, 0.3) is 0 Å². The molecule has 0 atom stereocenters. The maximum Gasteiger partial charge on any atom is 0.222 e. The predicted molar refractivity (Wildman–Crippen MR) is 58.5 cm³/mol. The Morgan fingerprint density at radius 2 is 2.00 bits per heavy atom. The fourth-order valence-electron chi connectivity index (χ4n) is 1.34. The van der Waals surface area contributed by atoms with Gasteiger partial charge in [0.25, 0.3) is 0 Å². The highest BCUT2D eigenvalue weighted by molar-refractivity contribution is 7.99. The molecule has 0 aliphatic carbocycles. The molecule has 4 heteroatoms. The van der Waals surface area contributed by atoms with E-state index < -0.39 is 0 Å². The largest absolute Gasteiger partial charge is 0.341 e. The summed E-state index contributed by atoms with van der Waals surface area (Å²) in [6.07, 6.45) is 2.57. The molecule has 1 amide bonds. The molecule has 0 bridgehead atoms. The fourth-order valence-corrected chi connectivity index (χ4v) is 2.43. The first-order valence-electron chi connectivity index (χ1n) is 4.76. The number of nitrogens with zero attached hydrogens (tertiary/aromatic N) is 1. The summed E-state index contributed by atoms with van der Waals surface area (Å²) >= 11 is 7.47. The summed E-state index contributed by atoms with van der Waals surface area (Å²) in [7, 11) is 0. The standard InChI is InChI=1S/C9H16ClNOS/c10-4-2-1-3-9(12)11-5-7-13-8-6-11/h1-8H2. The Morgan fingerprint density at radius 1 is 1.31 bits per heavy atom. The third-order valence-electron chi connectivity index (χ3n) is 2.14. The van der Waals surface area contributed by atoms with Gasteiger partial charge < -0.3 is 4.90 Å². The van der Waals surface area contributed by atoms with Gasteiger partial charge in [0.1, 0.15) is 0 Å². The number of alkyl halides is 1. The number of hydrogen-bond donors (Lipinski definition) is 0. The Bertz CT molecular complexity index is 160. The number of carbonyl (C=O) groups excluding carboxylic acids is 1. The van der Waals surface area contributed by atoms with Crippen LogP contribution in [-0.4, -0.2) is 41.3 Å². The fraction of sp³-hybridized carbons (Fsp3) is 0.889. The van der Waals surface area contributed by atoms with Crippen molar-refractivity contribution in [1.82, 2.24) is 4.90 Å². The highest BCUT2D eigenvalue weighted by atomic mass is 35.5. The lowest BCUT2D eigenvalue weighted by Gasteiger charge is -2.26. The van der Waals surface area contributed by atoms with Crippen molar-refractivity contribution in [3.8, 4) is 0 Å². The number of amides is 1. The molecular formula is C9H16ClNOS. The number of rotatable bonds is 4. The third-order valence-corrected chi connectivity index (χ3v) is 3.35. The van der Waals surface area contributed by atoms with Crippen LogP contribution in [0.2, 0.25) is 0 Å². The second-order valence-electron chi connectivity index (χ2n) is 3.14. The number of thioether (sulfide) groups is 1. The second-order valence-corrected chi connectivity index (χ2v) is 4.74. The first kappa shape index (κ1) is 11.2. The summed E-state index contributed by atoms with van der Waals surface area (Å²) in [6.45, 7) is 1.87. The first-order valence-corrected chi connectivity index (χ1v) is 6.45. The van der Waals surface area contributed by atoms with Crippen molar-refractivity contribution in [2.75, 3.05) is 30.5 Å². The summed E-state index contributed by atoms with van der Waals surface area (Å²) in [5.41, 5.74) is 0. The average molecular weight is 222 g/mol. The average Bonchev–Trinajstić information content (AvgIpc) is 2.19. The molecule has 0 unspecified atom stereocenters. The minimum absolute atomic E-state index is 0.311. The topological polar surface area (TPSA) is 20.3 Å². The summed E-state index contributed by atoms with van der Waals surface area (Å²) in [5, 5.41) is 0. The van der Waals surface area contributed by atoms with E-state index in [0.717, 1.165) is 37.4 Å². The number of carbonyl (C=O) groups is 1. The molecule has 76 valence electrons. The van der Waals surface area contributed by atoms with E-state index in [4.69, 9.17) is 11.6 Å². The predicted octanol–water partition coefficient (Wildman–Crippen LogP) is 1.97. The highest BCUT2D eigenvalue weighted by Gasteiger charge is 2.15. The molecule has 1 fully saturated rings. The molecule has 0 spiro atoms. The van der Waals surface area contributed by atoms with Crippen molar-refractivity contribution < 1.29 is 4.79 Å². The van der Waals surface area contributed by atoms with Crippen molar-refractivity contribution in [2.45, 2.75) is 19.3 Å². The molecule has 1 saturated heterocycles. The lowest BCUT2D eigenvalue weighted by Crippen LogP contribution is -2.37. The summed E-state index contributed by atoms with van der Waals surface area (Å²) in [4.78, 5) is 13.5. The summed E-state index contributed by atoms with van der Waals surface area (Å²) in [5.74, 6) is 3.18. The molecule has 2 nitrogen and oxygen atoms in total. The monoisotopic (exact) mass is 221 g/mol. The normalized spacial score (nSPS) is 17.5. The lowest BCUT2D eigenvalue weighted by atomic mass is 10.2. The van der Waals surface area contributed by atoms with Crippen LogP contribution in [0, 0.1) is 0 Å². The van der Waals surface area contributed by atoms with Crippen molar-refractivity contribution in [2.24, 2.45) is 0 Å². The van der Waals surface area contributed by atoms with Gasteiger partial charge in [0.2, 0.25) is 5.91 Å². The van der Waals surface area contributed by atoms with E-state index in [1.807, 2.05) is 16.7 Å². The van der Waals surface area contributed by atoms with Crippen LogP contribution >= 0.6 is 23.4 Å². The van der Waals surface area contributed by atoms with Crippen molar-refractivity contribution in [3.63, 3.8) is 0 Å². The van der Waals surface area contributed by atoms with Gasteiger partial charge in [0, 0.05) is 36.9 Å². The maximum atomic E-state index is 11.5. The van der Waals surface area contributed by atoms with E-state index in [9.17, 15) is 4.79 Å². The first-order chi connectivity index (χ1) is 6.34. The minimum atomic E-state index is 0.311. The van der Waals surface area contributed by atoms with Crippen LogP contribution in [-0.2, 0) is 4.79 Å². The molecule has 0 saturated carbocycles. The van der Waals surface area contributed by atoms with E-state index in [1.165, 1.54) is 0 Å². The summed E-state index contributed by atoms with van der Waals surface area (Å²) in [6, 6.07) is 0. The quantitative estimate of drug-likeness (QED) is 0.535. The van der Waals surface area contributed by atoms with Crippen LogP contribution in [0.5, 0.6) is 0 Å². The lowest BCUT2D eigenvalue weighted by molar-refractivity contribution is -0.130. The van der Waals surface area contributed by atoms with Crippen molar-refractivity contribution in [1.29, 1.82) is 0 Å². The van der Waals surface area contributed by atoms with Crippen LogP contribution in [0.3, 0.4) is 0 Å². The molecule has 0 radical (unpaired) electrons. The third kappa shape index (κ3) is 4.23. The van der Waals surface area contributed by atoms with Crippen LogP contribution in [0.1, 0.15) is 19.3 Å². The molecule has 0 N–H and O–H groups in total. The van der Waals surface area contributed by atoms with Crippen LogP contribution < -0.4 is 0 Å². The van der Waals surface area contributed by atoms with Crippen LogP contribution in [0.15, 0.2) is 0 Å². The Morgan fingerprint density at radius 3 is 2.62 bits per heavy atom. The van der Waals surface area contributed by atoms with E-state index in [-0.39, 0.29) is 0 Å². The molecule has 1 rings (SSSR count). The molecule has 0 aromatic carbocycles. The molecular weight excluding hydrogens is 206 g/mol. The van der Waals surface area contributed by atoms with E-state index in [1.54, 1.807) is 0 Å². The second kappa shape index (κ2) is 6.55. The zero-order chi connectivity index (χ0) is 9.52. The highest BCUT2D eigenvalue weighted by Crippen LogP contribution is 2.11. The maximum absolute atomic E-state index is 11.5. The number of halogens is 1. The Hall–Kier alpha value is 0.110. The Kier molecular flexibility index (Phi) is 5.63. The van der Waals surface area contributed by atoms with Crippen molar-refractivity contribution >= 4 is 29.3 Å². The Balaban J connectivity index is 2.13. The van der Waals surface area contributed by atoms with Gasteiger partial charge in [-0.15, -0.1) is 11.6 Å². The zero-order valence-electron chi connectivity index (χ0n) is 7.80.